The number of benzene rings is 1. The Balaban J connectivity index is 1.77. The average molecular weight is 316 g/mol. The second kappa shape index (κ2) is 6.47. The molecule has 7 nitrogen and oxygen atoms in total. The Kier molecular flexibility index (Phi) is 4.40. The van der Waals surface area contributed by atoms with E-state index in [0.717, 1.165) is 12.1 Å². The molecule has 1 aliphatic rings. The number of nitrogens with one attached hydrogen (secondary N) is 1. The van der Waals surface area contributed by atoms with E-state index in [0.29, 0.717) is 18.5 Å². The first kappa shape index (κ1) is 15.6. The molecule has 1 amide bonds. The molecule has 1 saturated carbocycles. The molecule has 1 aliphatic carbocycles. The maximum Gasteiger partial charge on any atom is 0.274 e. The molecule has 1 aromatic heterocycles. The molecule has 3 rings (SSSR count). The zero-order chi connectivity index (χ0) is 16.4. The monoisotopic (exact) mass is 316 g/mol. The lowest BCUT2D eigenvalue weighted by atomic mass is 9.90. The van der Waals surface area contributed by atoms with Gasteiger partial charge in [-0.05, 0) is 38.3 Å². The molecule has 0 bridgehead atoms. The van der Waals surface area contributed by atoms with Crippen molar-refractivity contribution in [1.82, 2.24) is 20.3 Å². The number of rotatable bonds is 3. The number of aliphatic hydroxyl groups is 2. The number of aromatic nitrogens is 3. The summed E-state index contributed by atoms with van der Waals surface area (Å²) in [5.74, 6) is -0.386. The van der Waals surface area contributed by atoms with Crippen LogP contribution in [0, 0.1) is 6.92 Å². The van der Waals surface area contributed by atoms with Gasteiger partial charge in [0.1, 0.15) is 0 Å². The van der Waals surface area contributed by atoms with Crippen molar-refractivity contribution in [3.05, 3.63) is 41.7 Å². The topological polar surface area (TPSA) is 100 Å². The van der Waals surface area contributed by atoms with Crippen molar-refractivity contribution in [3.63, 3.8) is 0 Å². The summed E-state index contributed by atoms with van der Waals surface area (Å²) in [5, 5.41) is 30.4. The van der Waals surface area contributed by atoms with E-state index in [1.807, 2.05) is 30.3 Å². The van der Waals surface area contributed by atoms with Crippen molar-refractivity contribution in [2.45, 2.75) is 44.4 Å². The molecule has 23 heavy (non-hydrogen) atoms. The summed E-state index contributed by atoms with van der Waals surface area (Å²) in [5.41, 5.74) is 1.67. The fourth-order valence-corrected chi connectivity index (χ4v) is 2.90. The smallest absolute Gasteiger partial charge is 0.274 e. The van der Waals surface area contributed by atoms with E-state index < -0.39 is 18.2 Å². The van der Waals surface area contributed by atoms with Crippen LogP contribution in [0.1, 0.15) is 35.4 Å². The summed E-state index contributed by atoms with van der Waals surface area (Å²) in [6.07, 6.45) is 0.207. The fraction of sp³-hybridized carbons (Fsp3) is 0.438. The minimum Gasteiger partial charge on any atom is -0.390 e. The van der Waals surface area contributed by atoms with Crippen LogP contribution in [-0.2, 0) is 0 Å². The third-order valence-electron chi connectivity index (χ3n) is 4.25. The van der Waals surface area contributed by atoms with Gasteiger partial charge in [0.15, 0.2) is 5.69 Å². The zero-order valence-corrected chi connectivity index (χ0v) is 12.9. The molecule has 1 fully saturated rings. The predicted molar refractivity (Wildman–Crippen MR) is 83.2 cm³/mol. The highest BCUT2D eigenvalue weighted by Gasteiger charge is 2.32. The standard InChI is InChI=1S/C16H20N4O3/c1-10-14(18-19-20(10)11-6-3-2-4-7-11)16(23)17-12-8-5-9-13(21)15(12)22/h2-4,6-7,12-13,15,21-22H,5,8-9H2,1H3,(H,17,23)/t12-,13-,15-/m1/s1. The summed E-state index contributed by atoms with van der Waals surface area (Å²) in [7, 11) is 0. The number of amides is 1. The van der Waals surface area contributed by atoms with E-state index >= 15 is 0 Å². The number of carbonyl (C=O) groups is 1. The Bertz CT molecular complexity index is 686. The van der Waals surface area contributed by atoms with Crippen LogP contribution < -0.4 is 5.32 Å². The first-order valence-corrected chi connectivity index (χ1v) is 7.72. The van der Waals surface area contributed by atoms with Crippen LogP contribution in [0.15, 0.2) is 30.3 Å². The Morgan fingerprint density at radius 2 is 2.00 bits per heavy atom. The van der Waals surface area contributed by atoms with Gasteiger partial charge in [-0.2, -0.15) is 0 Å². The quantitative estimate of drug-likeness (QED) is 0.769. The molecule has 0 saturated heterocycles. The summed E-state index contributed by atoms with van der Waals surface area (Å²) >= 11 is 0. The molecule has 7 heteroatoms. The second-order valence-corrected chi connectivity index (χ2v) is 5.84. The average Bonchev–Trinajstić information content (AvgIpc) is 2.94. The largest absolute Gasteiger partial charge is 0.390 e. The van der Waals surface area contributed by atoms with E-state index in [4.69, 9.17) is 0 Å². The fourth-order valence-electron chi connectivity index (χ4n) is 2.90. The molecule has 3 N–H and O–H groups in total. The number of hydrogen-bond donors (Lipinski definition) is 3. The number of aliphatic hydroxyl groups excluding tert-OH is 2. The summed E-state index contributed by atoms with van der Waals surface area (Å²) in [6.45, 7) is 1.77. The zero-order valence-electron chi connectivity index (χ0n) is 12.9. The van der Waals surface area contributed by atoms with Gasteiger partial charge in [-0.15, -0.1) is 5.10 Å². The van der Waals surface area contributed by atoms with Crippen molar-refractivity contribution >= 4 is 5.91 Å². The minimum absolute atomic E-state index is 0.223. The van der Waals surface area contributed by atoms with E-state index in [9.17, 15) is 15.0 Å². The minimum atomic E-state index is -0.947. The van der Waals surface area contributed by atoms with Crippen LogP contribution in [0.2, 0.25) is 0 Å². The number of nitrogens with zero attached hydrogens (tertiary/aromatic N) is 3. The summed E-state index contributed by atoms with van der Waals surface area (Å²) in [4.78, 5) is 12.4. The van der Waals surface area contributed by atoms with Gasteiger partial charge < -0.3 is 15.5 Å². The number of carbonyl (C=O) groups excluding carboxylic acids is 1. The second-order valence-electron chi connectivity index (χ2n) is 5.84. The third kappa shape index (κ3) is 3.11. The molecule has 0 unspecified atom stereocenters. The van der Waals surface area contributed by atoms with Gasteiger partial charge in [-0.3, -0.25) is 4.79 Å². The van der Waals surface area contributed by atoms with Gasteiger partial charge in [0.05, 0.1) is 29.6 Å². The number of hydrogen-bond acceptors (Lipinski definition) is 5. The lowest BCUT2D eigenvalue weighted by molar-refractivity contribution is -0.0278. The highest BCUT2D eigenvalue weighted by molar-refractivity contribution is 5.93. The molecule has 0 radical (unpaired) electrons. The highest BCUT2D eigenvalue weighted by atomic mass is 16.3. The van der Waals surface area contributed by atoms with Crippen LogP contribution in [0.3, 0.4) is 0 Å². The van der Waals surface area contributed by atoms with E-state index in [2.05, 4.69) is 15.6 Å². The van der Waals surface area contributed by atoms with Gasteiger partial charge in [0.25, 0.3) is 5.91 Å². The van der Waals surface area contributed by atoms with Crippen molar-refractivity contribution in [1.29, 1.82) is 0 Å². The molecule has 1 aromatic carbocycles. The molecule has 1 heterocycles. The van der Waals surface area contributed by atoms with Crippen LogP contribution >= 0.6 is 0 Å². The first-order chi connectivity index (χ1) is 11.1. The molecular weight excluding hydrogens is 296 g/mol. The van der Waals surface area contributed by atoms with Crippen molar-refractivity contribution in [2.24, 2.45) is 0 Å². The SMILES string of the molecule is Cc1c(C(=O)N[C@@H]2CCC[C@@H](O)[C@@H]2O)nnn1-c1ccccc1. The van der Waals surface area contributed by atoms with Gasteiger partial charge in [0, 0.05) is 0 Å². The maximum absolute atomic E-state index is 12.4. The van der Waals surface area contributed by atoms with Crippen LogP contribution in [0.4, 0.5) is 0 Å². The first-order valence-electron chi connectivity index (χ1n) is 7.72. The number of para-hydroxylation sites is 1. The van der Waals surface area contributed by atoms with Gasteiger partial charge in [0.2, 0.25) is 0 Å². The van der Waals surface area contributed by atoms with Gasteiger partial charge in [-0.25, -0.2) is 4.68 Å². The van der Waals surface area contributed by atoms with Crippen molar-refractivity contribution in [2.75, 3.05) is 0 Å². The molecular formula is C16H20N4O3. The van der Waals surface area contributed by atoms with Crippen LogP contribution in [0.5, 0.6) is 0 Å². The molecule has 0 spiro atoms. The lowest BCUT2D eigenvalue weighted by Crippen LogP contribution is -2.51. The molecule has 0 aliphatic heterocycles. The Morgan fingerprint density at radius 1 is 1.26 bits per heavy atom. The lowest BCUT2D eigenvalue weighted by Gasteiger charge is -2.32. The Hall–Kier alpha value is -2.25. The predicted octanol–water partition coefficient (Wildman–Crippen LogP) is 0.580. The van der Waals surface area contributed by atoms with Gasteiger partial charge in [-0.1, -0.05) is 23.4 Å². The highest BCUT2D eigenvalue weighted by Crippen LogP contribution is 2.20. The normalized spacial score (nSPS) is 24.4. The van der Waals surface area contributed by atoms with E-state index in [1.54, 1.807) is 11.6 Å². The molecule has 3 atom stereocenters. The maximum atomic E-state index is 12.4. The van der Waals surface area contributed by atoms with Gasteiger partial charge >= 0.3 is 0 Å². The third-order valence-corrected chi connectivity index (χ3v) is 4.25. The molecule has 2 aromatic rings. The summed E-state index contributed by atoms with van der Waals surface area (Å²) in [6, 6.07) is 8.97. The van der Waals surface area contributed by atoms with Crippen LogP contribution in [-0.4, -0.2) is 49.4 Å². The van der Waals surface area contributed by atoms with Crippen molar-refractivity contribution in [3.8, 4) is 5.69 Å². The van der Waals surface area contributed by atoms with Crippen LogP contribution in [0.25, 0.3) is 5.69 Å². The molecule has 122 valence electrons. The van der Waals surface area contributed by atoms with E-state index in [1.165, 1.54) is 0 Å². The Morgan fingerprint density at radius 3 is 2.74 bits per heavy atom. The Labute approximate surface area is 133 Å². The van der Waals surface area contributed by atoms with Crippen molar-refractivity contribution < 1.29 is 15.0 Å². The summed E-state index contributed by atoms with van der Waals surface area (Å²) < 4.78 is 1.60. The van der Waals surface area contributed by atoms with E-state index in [-0.39, 0.29) is 11.6 Å².